The molecule has 1 fully saturated rings. The topological polar surface area (TPSA) is 102 Å². The molecule has 0 spiro atoms. The molecule has 2 aliphatic rings. The monoisotopic (exact) mass is 314 g/mol. The number of nitrogens with one attached hydrogen (secondary N) is 1. The van der Waals surface area contributed by atoms with Crippen LogP contribution in [0.15, 0.2) is 4.99 Å². The number of carbonyl (C=O) groups is 3. The molecule has 8 nitrogen and oxygen atoms in total. The lowest BCUT2D eigenvalue weighted by Crippen LogP contribution is -2.63. The third-order valence-corrected chi connectivity index (χ3v) is 4.34. The van der Waals surface area contributed by atoms with Gasteiger partial charge in [-0.3, -0.25) is 14.9 Å². The maximum absolute atomic E-state index is 12.1. The molecule has 0 aromatic carbocycles. The highest BCUT2D eigenvalue weighted by molar-refractivity contribution is 8.13. The average Bonchev–Trinajstić information content (AvgIpc) is 2.76. The van der Waals surface area contributed by atoms with Crippen LogP contribution in [-0.4, -0.2) is 69.5 Å². The van der Waals surface area contributed by atoms with E-state index in [0.29, 0.717) is 17.5 Å². The molecule has 0 aliphatic carbocycles. The molecule has 0 aromatic heterocycles. The summed E-state index contributed by atoms with van der Waals surface area (Å²) in [7, 11) is 1.60. The first-order valence-electron chi connectivity index (χ1n) is 6.72. The number of urea groups is 1. The summed E-state index contributed by atoms with van der Waals surface area (Å²) in [4.78, 5) is 42.0. The van der Waals surface area contributed by atoms with Gasteiger partial charge >= 0.3 is 12.0 Å². The van der Waals surface area contributed by atoms with Crippen LogP contribution < -0.4 is 5.32 Å². The van der Waals surface area contributed by atoms with Crippen molar-refractivity contribution in [1.29, 1.82) is 0 Å². The summed E-state index contributed by atoms with van der Waals surface area (Å²) >= 11 is 1.31. The van der Waals surface area contributed by atoms with Crippen LogP contribution in [0.1, 0.15) is 19.8 Å². The number of imide groups is 1. The second-order valence-corrected chi connectivity index (χ2v) is 5.92. The van der Waals surface area contributed by atoms with E-state index in [9.17, 15) is 14.4 Å². The number of fused-ring (bicyclic) bond motifs is 1. The van der Waals surface area contributed by atoms with Crippen LogP contribution in [0.3, 0.4) is 0 Å². The number of nitrogens with zero attached hydrogens (tertiary/aromatic N) is 3. The Labute approximate surface area is 126 Å². The van der Waals surface area contributed by atoms with Crippen LogP contribution in [0.4, 0.5) is 4.79 Å². The Morgan fingerprint density at radius 1 is 1.48 bits per heavy atom. The molecule has 2 unspecified atom stereocenters. The Morgan fingerprint density at radius 2 is 2.19 bits per heavy atom. The van der Waals surface area contributed by atoms with Crippen LogP contribution in [-0.2, 0) is 9.59 Å². The number of amides is 3. The molecule has 116 valence electrons. The van der Waals surface area contributed by atoms with Gasteiger partial charge in [0.15, 0.2) is 17.4 Å². The number of rotatable bonds is 5. The smallest absolute Gasteiger partial charge is 0.325 e. The number of amidine groups is 1. The van der Waals surface area contributed by atoms with E-state index in [1.807, 2.05) is 11.8 Å². The van der Waals surface area contributed by atoms with Gasteiger partial charge in [0, 0.05) is 19.3 Å². The zero-order chi connectivity index (χ0) is 15.6. The average molecular weight is 314 g/mol. The van der Waals surface area contributed by atoms with E-state index in [2.05, 4.69) is 10.3 Å². The number of carboxylic acid groups (broad SMARTS) is 1. The van der Waals surface area contributed by atoms with Crippen molar-refractivity contribution >= 4 is 34.8 Å². The molecule has 0 radical (unpaired) electrons. The van der Waals surface area contributed by atoms with E-state index in [1.165, 1.54) is 16.7 Å². The van der Waals surface area contributed by atoms with Gasteiger partial charge in [0.25, 0.3) is 5.91 Å². The van der Waals surface area contributed by atoms with Crippen molar-refractivity contribution in [3.63, 3.8) is 0 Å². The molecule has 1 saturated heterocycles. The van der Waals surface area contributed by atoms with Crippen molar-refractivity contribution in [2.75, 3.05) is 19.3 Å². The van der Waals surface area contributed by atoms with Crippen LogP contribution in [0, 0.1) is 0 Å². The number of hydrogen-bond acceptors (Lipinski definition) is 6. The lowest BCUT2D eigenvalue weighted by atomic mass is 10.1. The number of carboxylic acids is 1. The summed E-state index contributed by atoms with van der Waals surface area (Å²) in [5.74, 6) is -0.840. The molecule has 2 rings (SSSR count). The highest BCUT2D eigenvalue weighted by atomic mass is 32.2. The molecule has 9 heteroatoms. The fraction of sp³-hybridized carbons (Fsp3) is 0.667. The van der Waals surface area contributed by atoms with E-state index in [0.717, 1.165) is 6.42 Å². The summed E-state index contributed by atoms with van der Waals surface area (Å²) < 4.78 is 0. The molecule has 21 heavy (non-hydrogen) atoms. The van der Waals surface area contributed by atoms with Crippen molar-refractivity contribution in [2.24, 2.45) is 4.99 Å². The Morgan fingerprint density at radius 3 is 2.81 bits per heavy atom. The van der Waals surface area contributed by atoms with Crippen molar-refractivity contribution in [2.45, 2.75) is 32.0 Å². The standard InChI is InChI=1S/C12H18N4O4S/c1-3-5-16-8-9(15(2)11(20)14-10(8)19)13-12(16)21-6-4-7(17)18/h8-9H,3-6H2,1-2H3,(H,17,18)(H,14,19,20). The summed E-state index contributed by atoms with van der Waals surface area (Å²) in [6.07, 6.45) is 0.317. The first-order valence-corrected chi connectivity index (χ1v) is 7.71. The van der Waals surface area contributed by atoms with E-state index in [4.69, 9.17) is 5.11 Å². The van der Waals surface area contributed by atoms with Crippen LogP contribution >= 0.6 is 11.8 Å². The lowest BCUT2D eigenvalue weighted by molar-refractivity contribution is -0.136. The molecule has 2 aliphatic heterocycles. The van der Waals surface area contributed by atoms with Gasteiger partial charge in [-0.2, -0.15) is 0 Å². The third-order valence-electron chi connectivity index (χ3n) is 3.33. The van der Waals surface area contributed by atoms with Gasteiger partial charge in [0.1, 0.15) is 0 Å². The first-order chi connectivity index (χ1) is 9.95. The number of thioether (sulfide) groups is 1. The van der Waals surface area contributed by atoms with Crippen molar-refractivity contribution in [3.8, 4) is 0 Å². The first kappa shape index (κ1) is 15.6. The van der Waals surface area contributed by atoms with Crippen LogP contribution in [0.5, 0.6) is 0 Å². The summed E-state index contributed by atoms with van der Waals surface area (Å²) in [5.41, 5.74) is 0. The van der Waals surface area contributed by atoms with Gasteiger partial charge in [0.2, 0.25) is 0 Å². The molecule has 0 bridgehead atoms. The predicted octanol–water partition coefficient (Wildman–Crippen LogP) is 0.152. The van der Waals surface area contributed by atoms with E-state index in [-0.39, 0.29) is 12.3 Å². The maximum Gasteiger partial charge on any atom is 0.325 e. The van der Waals surface area contributed by atoms with Gasteiger partial charge in [-0.05, 0) is 6.42 Å². The van der Waals surface area contributed by atoms with Crippen LogP contribution in [0.2, 0.25) is 0 Å². The van der Waals surface area contributed by atoms with E-state index < -0.39 is 24.2 Å². The lowest BCUT2D eigenvalue weighted by Gasteiger charge is -2.36. The fourth-order valence-electron chi connectivity index (χ4n) is 2.33. The van der Waals surface area contributed by atoms with Gasteiger partial charge in [-0.1, -0.05) is 18.7 Å². The van der Waals surface area contributed by atoms with Gasteiger partial charge in [-0.25, -0.2) is 9.79 Å². The Kier molecular flexibility index (Phi) is 4.71. The van der Waals surface area contributed by atoms with Gasteiger partial charge in [0.05, 0.1) is 6.42 Å². The Hall–Kier alpha value is -1.77. The van der Waals surface area contributed by atoms with Crippen molar-refractivity contribution in [3.05, 3.63) is 0 Å². The minimum absolute atomic E-state index is 0.0277. The SMILES string of the molecule is CCCN1C(SCCC(=O)O)=NC2C1C(=O)NC(=O)N2C. The molecular formula is C12H18N4O4S. The molecule has 3 amide bonds. The molecule has 2 N–H and O–H groups in total. The van der Waals surface area contributed by atoms with Crippen LogP contribution in [0.25, 0.3) is 0 Å². The minimum Gasteiger partial charge on any atom is -0.481 e. The zero-order valence-electron chi connectivity index (χ0n) is 11.9. The molecular weight excluding hydrogens is 296 g/mol. The fourth-order valence-corrected chi connectivity index (χ4v) is 3.34. The highest BCUT2D eigenvalue weighted by Gasteiger charge is 2.48. The largest absolute Gasteiger partial charge is 0.481 e. The van der Waals surface area contributed by atoms with Crippen molar-refractivity contribution < 1.29 is 19.5 Å². The predicted molar refractivity (Wildman–Crippen MR) is 78.0 cm³/mol. The Bertz CT molecular complexity index is 496. The Balaban J connectivity index is 2.16. The normalized spacial score (nSPS) is 24.8. The number of carbonyl (C=O) groups excluding carboxylic acids is 2. The van der Waals surface area contributed by atoms with Gasteiger partial charge in [-0.15, -0.1) is 0 Å². The molecule has 2 atom stereocenters. The second kappa shape index (κ2) is 6.33. The number of aliphatic imine (C=N–C) groups is 1. The number of likely N-dealkylation sites (N-methyl/N-ethyl adjacent to an activating group) is 1. The number of hydrogen-bond donors (Lipinski definition) is 2. The molecule has 0 aromatic rings. The van der Waals surface area contributed by atoms with Crippen molar-refractivity contribution in [1.82, 2.24) is 15.1 Å². The number of aliphatic carboxylic acids is 1. The second-order valence-electron chi connectivity index (χ2n) is 4.86. The van der Waals surface area contributed by atoms with E-state index in [1.54, 1.807) is 7.05 Å². The molecule has 0 saturated carbocycles. The minimum atomic E-state index is -0.870. The van der Waals surface area contributed by atoms with E-state index >= 15 is 0 Å². The zero-order valence-corrected chi connectivity index (χ0v) is 12.7. The summed E-state index contributed by atoms with van der Waals surface area (Å²) in [5, 5.41) is 11.6. The van der Waals surface area contributed by atoms with Gasteiger partial charge < -0.3 is 14.9 Å². The quantitative estimate of drug-likeness (QED) is 0.749. The summed E-state index contributed by atoms with van der Waals surface area (Å²) in [6.45, 7) is 2.62. The summed E-state index contributed by atoms with van der Waals surface area (Å²) in [6, 6.07) is -0.988. The highest BCUT2D eigenvalue weighted by Crippen LogP contribution is 2.28. The third kappa shape index (κ3) is 3.12. The maximum atomic E-state index is 12.1. The molecule has 2 heterocycles.